The molecule has 4 heterocycles. The molecule has 174 valence electrons. The Balaban J connectivity index is 1.45. The van der Waals surface area contributed by atoms with E-state index in [1.54, 1.807) is 11.1 Å². The largest absolute Gasteiger partial charge is 0.355 e. The Morgan fingerprint density at radius 1 is 1.27 bits per heavy atom. The number of nitrogens with one attached hydrogen (secondary N) is 2. The fourth-order valence-corrected chi connectivity index (χ4v) is 4.34. The number of fused-ring (bicyclic) bond motifs is 1. The van der Waals surface area contributed by atoms with Gasteiger partial charge in [-0.15, -0.1) is 11.3 Å². The van der Waals surface area contributed by atoms with Crippen LogP contribution in [0.2, 0.25) is 0 Å². The lowest BCUT2D eigenvalue weighted by Crippen LogP contribution is -2.54. The number of pyridine rings is 1. The Kier molecular flexibility index (Phi) is 6.29. The Morgan fingerprint density at radius 2 is 2.03 bits per heavy atom. The highest BCUT2D eigenvalue weighted by atomic mass is 32.1. The molecule has 1 saturated heterocycles. The number of aromatic nitrogens is 3. The van der Waals surface area contributed by atoms with Crippen molar-refractivity contribution in [2.75, 3.05) is 25.0 Å². The molecule has 2 N–H and O–H groups in total. The Morgan fingerprint density at radius 3 is 2.73 bits per heavy atom. The van der Waals surface area contributed by atoms with Crippen molar-refractivity contribution in [1.82, 2.24) is 25.2 Å². The second-order valence-corrected chi connectivity index (χ2v) is 10.3. The lowest BCUT2D eigenvalue weighted by Gasteiger charge is -2.39. The molecule has 1 fully saturated rings. The summed E-state index contributed by atoms with van der Waals surface area (Å²) in [6.45, 7) is 9.14. The van der Waals surface area contributed by atoms with Gasteiger partial charge < -0.3 is 15.5 Å². The summed E-state index contributed by atoms with van der Waals surface area (Å²) in [6, 6.07) is 2.95. The van der Waals surface area contributed by atoms with Crippen LogP contribution < -0.4 is 10.6 Å². The van der Waals surface area contributed by atoms with Gasteiger partial charge in [0.2, 0.25) is 11.9 Å². The summed E-state index contributed by atoms with van der Waals surface area (Å²) in [5.41, 5.74) is 1.24. The fraction of sp³-hybridized carbons (Fsp3) is 0.435. The zero-order valence-electron chi connectivity index (χ0n) is 19.1. The molecule has 2 amide bonds. The van der Waals surface area contributed by atoms with Crippen molar-refractivity contribution >= 4 is 39.3 Å². The molecule has 0 bridgehead atoms. The van der Waals surface area contributed by atoms with Crippen molar-refractivity contribution < 1.29 is 14.0 Å². The molecule has 0 radical (unpaired) electrons. The summed E-state index contributed by atoms with van der Waals surface area (Å²) < 4.78 is 14.3. The number of hydrogen-bond acceptors (Lipinski definition) is 7. The smallest absolute Gasteiger partial charge is 0.274 e. The highest BCUT2D eigenvalue weighted by Crippen LogP contribution is 2.28. The first kappa shape index (κ1) is 23.0. The van der Waals surface area contributed by atoms with Crippen LogP contribution in [-0.4, -0.2) is 51.3 Å². The number of carbonyl (C=O) groups excluding carboxylic acids is 2. The number of nitrogens with zero attached hydrogens (tertiary/aromatic N) is 4. The number of hydrogen-bond donors (Lipinski definition) is 2. The van der Waals surface area contributed by atoms with Crippen LogP contribution in [0.1, 0.15) is 49.8 Å². The summed E-state index contributed by atoms with van der Waals surface area (Å²) in [7, 11) is 0. The van der Waals surface area contributed by atoms with Crippen molar-refractivity contribution in [2.24, 2.45) is 11.3 Å². The molecule has 1 unspecified atom stereocenters. The maximum absolute atomic E-state index is 13.5. The molecule has 0 saturated carbocycles. The molecule has 1 aliphatic heterocycles. The molecule has 3 aromatic rings. The summed E-state index contributed by atoms with van der Waals surface area (Å²) in [6.07, 6.45) is 2.73. The van der Waals surface area contributed by atoms with E-state index in [-0.39, 0.29) is 23.8 Å². The molecule has 1 aliphatic rings. The Labute approximate surface area is 195 Å². The maximum Gasteiger partial charge on any atom is 0.274 e. The third-order valence-electron chi connectivity index (χ3n) is 5.55. The third-order valence-corrected chi connectivity index (χ3v) is 6.47. The van der Waals surface area contributed by atoms with Crippen LogP contribution in [0.5, 0.6) is 0 Å². The Bertz CT molecular complexity index is 1190. The van der Waals surface area contributed by atoms with E-state index in [9.17, 15) is 14.0 Å². The van der Waals surface area contributed by atoms with Gasteiger partial charge in [0.05, 0.1) is 22.5 Å². The molecular weight excluding hydrogens is 443 g/mol. The minimum Gasteiger partial charge on any atom is -0.355 e. The molecule has 33 heavy (non-hydrogen) atoms. The van der Waals surface area contributed by atoms with Gasteiger partial charge in [-0.25, -0.2) is 14.4 Å². The van der Waals surface area contributed by atoms with Gasteiger partial charge in [-0.1, -0.05) is 20.8 Å². The zero-order chi connectivity index (χ0) is 23.8. The number of amides is 2. The molecule has 0 aromatic carbocycles. The minimum absolute atomic E-state index is 0.00158. The van der Waals surface area contributed by atoms with E-state index < -0.39 is 11.2 Å². The van der Waals surface area contributed by atoms with Gasteiger partial charge in [0, 0.05) is 37.2 Å². The number of rotatable bonds is 6. The van der Waals surface area contributed by atoms with Crippen LogP contribution in [0.15, 0.2) is 29.9 Å². The van der Waals surface area contributed by atoms with E-state index in [1.807, 2.05) is 39.1 Å². The van der Waals surface area contributed by atoms with E-state index in [4.69, 9.17) is 0 Å². The lowest BCUT2D eigenvalue weighted by molar-refractivity contribution is -0.128. The molecular formula is C23H27FN6O2S. The summed E-state index contributed by atoms with van der Waals surface area (Å²) in [4.78, 5) is 39.9. The topological polar surface area (TPSA) is 100 Å². The van der Waals surface area contributed by atoms with Crippen LogP contribution in [-0.2, 0) is 4.79 Å². The number of thiophene rings is 1. The standard InChI is InChI=1S/C23H27FN6O2S/c1-13(15-7-16(24)10-25-9-15)27-22-28-17-5-6-33-19(17)18(29-22)20(31)30-11-14(12-30)8-26-21(32)23(2,3)4/h5-7,9-10,13-14H,8,11-12H2,1-4H3,(H,26,32)(H,27,28,29). The first-order valence-corrected chi connectivity index (χ1v) is 11.7. The highest BCUT2D eigenvalue weighted by molar-refractivity contribution is 7.17. The first-order valence-electron chi connectivity index (χ1n) is 10.8. The zero-order valence-corrected chi connectivity index (χ0v) is 19.9. The number of anilines is 1. The lowest BCUT2D eigenvalue weighted by atomic mass is 9.94. The van der Waals surface area contributed by atoms with E-state index in [1.165, 1.54) is 17.4 Å². The van der Waals surface area contributed by atoms with Crippen molar-refractivity contribution in [2.45, 2.75) is 33.7 Å². The quantitative estimate of drug-likeness (QED) is 0.571. The second-order valence-electron chi connectivity index (χ2n) is 9.37. The van der Waals surface area contributed by atoms with Crippen molar-refractivity contribution in [1.29, 1.82) is 0 Å². The van der Waals surface area contributed by atoms with E-state index >= 15 is 0 Å². The van der Waals surface area contributed by atoms with Gasteiger partial charge in [0.15, 0.2) is 5.69 Å². The van der Waals surface area contributed by atoms with Crippen molar-refractivity contribution in [3.8, 4) is 0 Å². The molecule has 0 aliphatic carbocycles. The van der Waals surface area contributed by atoms with Gasteiger partial charge in [0.25, 0.3) is 5.91 Å². The maximum atomic E-state index is 13.5. The molecule has 0 spiro atoms. The molecule has 10 heteroatoms. The SMILES string of the molecule is CC(Nc1nc(C(=O)N2CC(CNC(=O)C(C)(C)C)C2)c2sccc2n1)c1cncc(F)c1. The normalized spacial score (nSPS) is 15.2. The molecule has 8 nitrogen and oxygen atoms in total. The predicted octanol–water partition coefficient (Wildman–Crippen LogP) is 3.63. The molecule has 1 atom stereocenters. The predicted molar refractivity (Wildman–Crippen MR) is 126 cm³/mol. The van der Waals surface area contributed by atoms with Gasteiger partial charge in [-0.2, -0.15) is 0 Å². The van der Waals surface area contributed by atoms with E-state index in [0.29, 0.717) is 42.4 Å². The van der Waals surface area contributed by atoms with Crippen LogP contribution in [0.4, 0.5) is 10.3 Å². The van der Waals surface area contributed by atoms with Crippen LogP contribution in [0.3, 0.4) is 0 Å². The van der Waals surface area contributed by atoms with Crippen LogP contribution in [0.25, 0.3) is 10.2 Å². The monoisotopic (exact) mass is 470 g/mol. The van der Waals surface area contributed by atoms with Gasteiger partial charge in [-0.05, 0) is 30.0 Å². The van der Waals surface area contributed by atoms with E-state index in [0.717, 1.165) is 10.9 Å². The number of carbonyl (C=O) groups is 2. The summed E-state index contributed by atoms with van der Waals surface area (Å²) >= 11 is 1.42. The second kappa shape index (κ2) is 9.01. The molecule has 4 rings (SSSR count). The average Bonchev–Trinajstić information content (AvgIpc) is 3.19. The average molecular weight is 471 g/mol. The van der Waals surface area contributed by atoms with Gasteiger partial charge in [-0.3, -0.25) is 14.6 Å². The number of halogens is 1. The van der Waals surface area contributed by atoms with E-state index in [2.05, 4.69) is 25.6 Å². The molecule has 3 aromatic heterocycles. The van der Waals surface area contributed by atoms with Gasteiger partial charge in [0.1, 0.15) is 5.82 Å². The highest BCUT2D eigenvalue weighted by Gasteiger charge is 2.34. The van der Waals surface area contributed by atoms with Crippen LogP contribution in [0, 0.1) is 17.2 Å². The van der Waals surface area contributed by atoms with Crippen LogP contribution >= 0.6 is 11.3 Å². The van der Waals surface area contributed by atoms with Gasteiger partial charge >= 0.3 is 0 Å². The fourth-order valence-electron chi connectivity index (χ4n) is 3.53. The van der Waals surface area contributed by atoms with Crippen molar-refractivity contribution in [3.63, 3.8) is 0 Å². The summed E-state index contributed by atoms with van der Waals surface area (Å²) in [5.74, 6) is -0.0557. The number of likely N-dealkylation sites (tertiary alicyclic amines) is 1. The minimum atomic E-state index is -0.437. The Hall–Kier alpha value is -3.14. The summed E-state index contributed by atoms with van der Waals surface area (Å²) in [5, 5.41) is 7.98. The van der Waals surface area contributed by atoms with Crippen molar-refractivity contribution in [3.05, 3.63) is 47.0 Å². The first-order chi connectivity index (χ1) is 15.6. The third kappa shape index (κ3) is 5.11.